The summed E-state index contributed by atoms with van der Waals surface area (Å²) >= 11 is 0. The van der Waals surface area contributed by atoms with Gasteiger partial charge in [-0.3, -0.25) is 4.79 Å². The summed E-state index contributed by atoms with van der Waals surface area (Å²) in [5, 5.41) is 0. The maximum atomic E-state index is 12.6. The maximum absolute atomic E-state index is 12.6. The van der Waals surface area contributed by atoms with Gasteiger partial charge in [-0.1, -0.05) is 12.1 Å². The number of carbonyl (C=O) groups is 1. The average Bonchev–Trinajstić information content (AvgIpc) is 2.98. The van der Waals surface area contributed by atoms with Crippen LogP contribution in [0.5, 0.6) is 5.75 Å². The summed E-state index contributed by atoms with van der Waals surface area (Å²) in [5.41, 5.74) is 3.32. The van der Waals surface area contributed by atoms with Crippen molar-refractivity contribution in [1.29, 1.82) is 0 Å². The third-order valence-electron chi connectivity index (χ3n) is 4.37. The molecule has 2 heterocycles. The number of imidazole rings is 1. The first-order valence-electron chi connectivity index (χ1n) is 8.03. The molecule has 0 bridgehead atoms. The molecule has 0 saturated carbocycles. The van der Waals surface area contributed by atoms with E-state index < -0.39 is 0 Å². The maximum Gasteiger partial charge on any atom is 0.227 e. The molecule has 0 N–H and O–H groups in total. The number of benzene rings is 1. The Balaban J connectivity index is 1.69. The van der Waals surface area contributed by atoms with E-state index in [0.717, 1.165) is 30.0 Å². The van der Waals surface area contributed by atoms with E-state index in [1.807, 2.05) is 35.5 Å². The van der Waals surface area contributed by atoms with Crippen molar-refractivity contribution < 1.29 is 9.53 Å². The molecule has 5 nitrogen and oxygen atoms in total. The van der Waals surface area contributed by atoms with Crippen molar-refractivity contribution in [2.24, 2.45) is 0 Å². The molecule has 1 aromatic heterocycles. The number of rotatable bonds is 4. The van der Waals surface area contributed by atoms with E-state index in [0.29, 0.717) is 19.0 Å². The molecule has 1 aliphatic heterocycles. The highest BCUT2D eigenvalue weighted by Gasteiger charge is 2.25. The van der Waals surface area contributed by atoms with Crippen molar-refractivity contribution in [2.45, 2.75) is 39.3 Å². The van der Waals surface area contributed by atoms with Crippen molar-refractivity contribution >= 4 is 5.91 Å². The molecule has 0 unspecified atom stereocenters. The van der Waals surface area contributed by atoms with Gasteiger partial charge in [0.1, 0.15) is 5.75 Å². The number of ether oxygens (including phenoxy) is 1. The summed E-state index contributed by atoms with van der Waals surface area (Å²) < 4.78 is 7.32. The van der Waals surface area contributed by atoms with Crippen molar-refractivity contribution in [3.63, 3.8) is 0 Å². The lowest BCUT2D eigenvalue weighted by Crippen LogP contribution is -2.37. The normalized spacial score (nSPS) is 14.0. The second-order valence-electron chi connectivity index (χ2n) is 6.23. The number of hydrogen-bond acceptors (Lipinski definition) is 3. The van der Waals surface area contributed by atoms with Gasteiger partial charge in [0.2, 0.25) is 5.91 Å². The van der Waals surface area contributed by atoms with E-state index in [9.17, 15) is 4.79 Å². The first kappa shape index (κ1) is 15.6. The second kappa shape index (κ2) is 6.44. The first-order valence-corrected chi connectivity index (χ1v) is 8.03. The van der Waals surface area contributed by atoms with E-state index in [4.69, 9.17) is 4.74 Å². The highest BCUT2D eigenvalue weighted by molar-refractivity contribution is 5.79. The zero-order valence-electron chi connectivity index (χ0n) is 14.0. The summed E-state index contributed by atoms with van der Waals surface area (Å²) in [4.78, 5) is 19.0. The Morgan fingerprint density at radius 2 is 2.04 bits per heavy atom. The fourth-order valence-corrected chi connectivity index (χ4v) is 3.00. The van der Waals surface area contributed by atoms with E-state index >= 15 is 0 Å². The summed E-state index contributed by atoms with van der Waals surface area (Å²) in [6.07, 6.45) is 3.16. The zero-order chi connectivity index (χ0) is 16.4. The molecule has 0 saturated heterocycles. The van der Waals surface area contributed by atoms with Crippen LogP contribution in [-0.4, -0.2) is 34.0 Å². The van der Waals surface area contributed by atoms with Gasteiger partial charge in [-0.25, -0.2) is 4.98 Å². The number of fused-ring (bicyclic) bond motifs is 1. The Kier molecular flexibility index (Phi) is 4.37. The molecular weight excluding hydrogens is 290 g/mol. The van der Waals surface area contributed by atoms with Crippen molar-refractivity contribution in [1.82, 2.24) is 14.5 Å². The van der Waals surface area contributed by atoms with Gasteiger partial charge >= 0.3 is 0 Å². The molecule has 1 amide bonds. The number of amides is 1. The minimum Gasteiger partial charge on any atom is -0.497 e. The predicted molar refractivity (Wildman–Crippen MR) is 88.4 cm³/mol. The van der Waals surface area contributed by atoms with Crippen LogP contribution >= 0.6 is 0 Å². The summed E-state index contributed by atoms with van der Waals surface area (Å²) in [6.45, 7) is 5.68. The summed E-state index contributed by atoms with van der Waals surface area (Å²) in [5.74, 6) is 0.974. The van der Waals surface area contributed by atoms with Crippen molar-refractivity contribution in [3.8, 4) is 5.75 Å². The van der Waals surface area contributed by atoms with Crippen LogP contribution in [0.3, 0.4) is 0 Å². The molecule has 5 heteroatoms. The molecule has 0 aliphatic carbocycles. The summed E-state index contributed by atoms with van der Waals surface area (Å²) in [6, 6.07) is 8.05. The smallest absolute Gasteiger partial charge is 0.227 e. The van der Waals surface area contributed by atoms with Gasteiger partial charge in [-0.05, 0) is 31.5 Å². The topological polar surface area (TPSA) is 47.4 Å². The van der Waals surface area contributed by atoms with Gasteiger partial charge in [-0.2, -0.15) is 0 Å². The molecule has 0 radical (unpaired) electrons. The molecule has 3 rings (SSSR count). The van der Waals surface area contributed by atoms with Crippen LogP contribution in [0.15, 0.2) is 30.6 Å². The molecule has 1 aliphatic rings. The monoisotopic (exact) mass is 313 g/mol. The minimum atomic E-state index is 0.164. The molecule has 0 atom stereocenters. The van der Waals surface area contributed by atoms with E-state index in [-0.39, 0.29) is 5.91 Å². The minimum absolute atomic E-state index is 0.164. The number of methoxy groups -OCH3 is 1. The van der Waals surface area contributed by atoms with Crippen LogP contribution in [0.25, 0.3) is 0 Å². The standard InChI is InChI=1S/C18H23N3O2/c1-13(2)21-12-19-16-8-9-20(11-17(16)21)18(22)10-14-4-6-15(23-3)7-5-14/h4-7,12-13H,8-11H2,1-3H3. The largest absolute Gasteiger partial charge is 0.497 e. The number of hydrogen-bond donors (Lipinski definition) is 0. The highest BCUT2D eigenvalue weighted by atomic mass is 16.5. The number of carbonyl (C=O) groups excluding carboxylic acids is 1. The van der Waals surface area contributed by atoms with E-state index in [1.54, 1.807) is 7.11 Å². The average molecular weight is 313 g/mol. The van der Waals surface area contributed by atoms with Crippen LogP contribution in [0.2, 0.25) is 0 Å². The van der Waals surface area contributed by atoms with Crippen LogP contribution in [0.1, 0.15) is 36.8 Å². The lowest BCUT2D eigenvalue weighted by Gasteiger charge is -2.28. The highest BCUT2D eigenvalue weighted by Crippen LogP contribution is 2.22. The first-order chi connectivity index (χ1) is 11.1. The molecule has 0 fully saturated rings. The Morgan fingerprint density at radius 1 is 1.30 bits per heavy atom. The van der Waals surface area contributed by atoms with Crippen LogP contribution in [0.4, 0.5) is 0 Å². The van der Waals surface area contributed by atoms with Crippen molar-refractivity contribution in [3.05, 3.63) is 47.5 Å². The van der Waals surface area contributed by atoms with Crippen LogP contribution in [0, 0.1) is 0 Å². The van der Waals surface area contributed by atoms with E-state index in [1.165, 1.54) is 5.69 Å². The van der Waals surface area contributed by atoms with Gasteiger partial charge in [0.15, 0.2) is 0 Å². The van der Waals surface area contributed by atoms with Crippen molar-refractivity contribution in [2.75, 3.05) is 13.7 Å². The number of nitrogens with zero attached hydrogens (tertiary/aromatic N) is 3. The SMILES string of the molecule is COc1ccc(CC(=O)N2CCc3ncn(C(C)C)c3C2)cc1. The summed E-state index contributed by atoms with van der Waals surface area (Å²) in [7, 11) is 1.64. The van der Waals surface area contributed by atoms with Gasteiger partial charge < -0.3 is 14.2 Å². The molecule has 122 valence electrons. The van der Waals surface area contributed by atoms with Gasteiger partial charge in [0.05, 0.1) is 37.8 Å². The molecular formula is C18H23N3O2. The predicted octanol–water partition coefficient (Wildman–Crippen LogP) is 2.60. The molecule has 1 aromatic carbocycles. The Bertz CT molecular complexity index is 689. The molecule has 23 heavy (non-hydrogen) atoms. The fraction of sp³-hybridized carbons (Fsp3) is 0.444. The fourth-order valence-electron chi connectivity index (χ4n) is 3.00. The van der Waals surface area contributed by atoms with Gasteiger partial charge in [-0.15, -0.1) is 0 Å². The van der Waals surface area contributed by atoms with Gasteiger partial charge in [0, 0.05) is 19.0 Å². The lowest BCUT2D eigenvalue weighted by atomic mass is 10.1. The van der Waals surface area contributed by atoms with E-state index in [2.05, 4.69) is 23.4 Å². The third-order valence-corrected chi connectivity index (χ3v) is 4.37. The van der Waals surface area contributed by atoms with Gasteiger partial charge in [0.25, 0.3) is 0 Å². The number of aromatic nitrogens is 2. The second-order valence-corrected chi connectivity index (χ2v) is 6.23. The molecule has 2 aromatic rings. The Morgan fingerprint density at radius 3 is 2.70 bits per heavy atom. The lowest BCUT2D eigenvalue weighted by molar-refractivity contribution is -0.131. The molecule has 0 spiro atoms. The third kappa shape index (κ3) is 3.23. The van der Waals surface area contributed by atoms with Crippen LogP contribution < -0.4 is 4.74 Å². The Labute approximate surface area is 136 Å². The van der Waals surface area contributed by atoms with Crippen LogP contribution in [-0.2, 0) is 24.2 Å². The quantitative estimate of drug-likeness (QED) is 0.871. The Hall–Kier alpha value is -2.30. The zero-order valence-corrected chi connectivity index (χ0v) is 14.0.